The highest BCUT2D eigenvalue weighted by Gasteiger charge is 2.19. The van der Waals surface area contributed by atoms with Gasteiger partial charge in [0.25, 0.3) is 0 Å². The van der Waals surface area contributed by atoms with Gasteiger partial charge in [0.15, 0.2) is 0 Å². The first-order valence-electron chi connectivity index (χ1n) is 5.88. The molecule has 1 aromatic heterocycles. The first-order chi connectivity index (χ1) is 8.33. The highest BCUT2D eigenvalue weighted by Crippen LogP contribution is 2.30. The zero-order valence-corrected chi connectivity index (χ0v) is 9.95. The van der Waals surface area contributed by atoms with Crippen LogP contribution < -0.4 is 5.73 Å². The standard InChI is InChI=1S/C14H17N3/c1-2-13(11-6-4-3-5-7-11)14(15)12-8-16-10-17-9-12/h3-10,13-14H,2,15H2,1H3. The third-order valence-corrected chi connectivity index (χ3v) is 3.07. The van der Waals surface area contributed by atoms with E-state index in [1.165, 1.54) is 11.9 Å². The molecule has 0 fully saturated rings. The average molecular weight is 227 g/mol. The van der Waals surface area contributed by atoms with Crippen molar-refractivity contribution in [3.05, 3.63) is 60.2 Å². The van der Waals surface area contributed by atoms with E-state index < -0.39 is 0 Å². The lowest BCUT2D eigenvalue weighted by Gasteiger charge is -2.22. The molecule has 0 aliphatic rings. The van der Waals surface area contributed by atoms with Gasteiger partial charge >= 0.3 is 0 Å². The molecule has 1 heterocycles. The van der Waals surface area contributed by atoms with E-state index in [1.807, 2.05) is 18.2 Å². The van der Waals surface area contributed by atoms with Crippen LogP contribution in [0.3, 0.4) is 0 Å². The number of hydrogen-bond acceptors (Lipinski definition) is 3. The van der Waals surface area contributed by atoms with E-state index in [1.54, 1.807) is 12.4 Å². The summed E-state index contributed by atoms with van der Waals surface area (Å²) in [6, 6.07) is 10.3. The van der Waals surface area contributed by atoms with Crippen LogP contribution in [0, 0.1) is 0 Å². The van der Waals surface area contributed by atoms with E-state index in [9.17, 15) is 0 Å². The normalized spacial score (nSPS) is 14.2. The van der Waals surface area contributed by atoms with Gasteiger partial charge in [-0.05, 0) is 12.0 Å². The number of nitrogens with zero attached hydrogens (tertiary/aromatic N) is 2. The second kappa shape index (κ2) is 5.55. The van der Waals surface area contributed by atoms with Crippen LogP contribution in [-0.2, 0) is 0 Å². The molecule has 0 bridgehead atoms. The van der Waals surface area contributed by atoms with Gasteiger partial charge in [0.05, 0.1) is 0 Å². The lowest BCUT2D eigenvalue weighted by atomic mass is 9.87. The molecule has 0 saturated carbocycles. The van der Waals surface area contributed by atoms with Gasteiger partial charge in [0.2, 0.25) is 0 Å². The first-order valence-corrected chi connectivity index (χ1v) is 5.88. The number of benzene rings is 1. The third-order valence-electron chi connectivity index (χ3n) is 3.07. The molecule has 2 atom stereocenters. The van der Waals surface area contributed by atoms with Crippen LogP contribution in [0.4, 0.5) is 0 Å². The number of nitrogens with two attached hydrogens (primary N) is 1. The fourth-order valence-electron chi connectivity index (χ4n) is 2.11. The summed E-state index contributed by atoms with van der Waals surface area (Å²) in [5.74, 6) is 0.308. The van der Waals surface area contributed by atoms with Crippen LogP contribution in [0.25, 0.3) is 0 Å². The van der Waals surface area contributed by atoms with Crippen LogP contribution in [0.15, 0.2) is 49.1 Å². The van der Waals surface area contributed by atoms with Crippen molar-refractivity contribution >= 4 is 0 Å². The van der Waals surface area contributed by atoms with Crippen molar-refractivity contribution in [1.82, 2.24) is 9.97 Å². The van der Waals surface area contributed by atoms with Crippen molar-refractivity contribution in [3.8, 4) is 0 Å². The lowest BCUT2D eigenvalue weighted by molar-refractivity contribution is 0.536. The average Bonchev–Trinajstić information content (AvgIpc) is 2.42. The predicted octanol–water partition coefficient (Wildman–Crippen LogP) is 2.67. The molecule has 88 valence electrons. The van der Waals surface area contributed by atoms with Crippen LogP contribution in [0.1, 0.15) is 36.4 Å². The van der Waals surface area contributed by atoms with Gasteiger partial charge < -0.3 is 5.73 Å². The second-order valence-corrected chi connectivity index (χ2v) is 4.12. The summed E-state index contributed by atoms with van der Waals surface area (Å²) >= 11 is 0. The molecule has 3 nitrogen and oxygen atoms in total. The van der Waals surface area contributed by atoms with Crippen molar-refractivity contribution in [1.29, 1.82) is 0 Å². The summed E-state index contributed by atoms with van der Waals surface area (Å²) in [7, 11) is 0. The van der Waals surface area contributed by atoms with Crippen molar-refractivity contribution in [3.63, 3.8) is 0 Å². The largest absolute Gasteiger partial charge is 0.323 e. The van der Waals surface area contributed by atoms with Gasteiger partial charge in [0.1, 0.15) is 6.33 Å². The van der Waals surface area contributed by atoms with E-state index in [4.69, 9.17) is 5.73 Å². The minimum Gasteiger partial charge on any atom is -0.323 e. The Bertz CT molecular complexity index is 442. The van der Waals surface area contributed by atoms with Crippen molar-refractivity contribution in [2.75, 3.05) is 0 Å². The van der Waals surface area contributed by atoms with Crippen LogP contribution in [0.5, 0.6) is 0 Å². The minimum atomic E-state index is -0.0522. The molecule has 0 radical (unpaired) electrons. The molecule has 2 unspecified atom stereocenters. The summed E-state index contributed by atoms with van der Waals surface area (Å²) in [6.45, 7) is 2.15. The van der Waals surface area contributed by atoms with Crippen molar-refractivity contribution < 1.29 is 0 Å². The Labute approximate surface area is 102 Å². The maximum atomic E-state index is 6.30. The number of hydrogen-bond donors (Lipinski definition) is 1. The predicted molar refractivity (Wildman–Crippen MR) is 68.4 cm³/mol. The molecule has 3 heteroatoms. The summed E-state index contributed by atoms with van der Waals surface area (Å²) in [5, 5.41) is 0. The highest BCUT2D eigenvalue weighted by atomic mass is 14.8. The molecule has 2 aromatic rings. The quantitative estimate of drug-likeness (QED) is 0.873. The molecule has 0 amide bonds. The lowest BCUT2D eigenvalue weighted by Crippen LogP contribution is -2.19. The fourth-order valence-corrected chi connectivity index (χ4v) is 2.11. The van der Waals surface area contributed by atoms with Gasteiger partial charge in [-0.3, -0.25) is 0 Å². The van der Waals surface area contributed by atoms with Crippen LogP contribution in [-0.4, -0.2) is 9.97 Å². The van der Waals surface area contributed by atoms with Gasteiger partial charge in [-0.25, -0.2) is 9.97 Å². The van der Waals surface area contributed by atoms with Gasteiger partial charge in [-0.1, -0.05) is 37.3 Å². The Hall–Kier alpha value is -1.74. The van der Waals surface area contributed by atoms with Gasteiger partial charge in [-0.15, -0.1) is 0 Å². The molecule has 2 N–H and O–H groups in total. The van der Waals surface area contributed by atoms with Crippen LogP contribution in [0.2, 0.25) is 0 Å². The highest BCUT2D eigenvalue weighted by molar-refractivity contribution is 5.24. The monoisotopic (exact) mass is 227 g/mol. The van der Waals surface area contributed by atoms with Gasteiger partial charge in [0, 0.05) is 29.9 Å². The Morgan fingerprint density at radius 2 is 1.71 bits per heavy atom. The smallest absolute Gasteiger partial charge is 0.115 e. The Kier molecular flexibility index (Phi) is 3.83. The van der Waals surface area contributed by atoms with E-state index in [-0.39, 0.29) is 6.04 Å². The van der Waals surface area contributed by atoms with Gasteiger partial charge in [-0.2, -0.15) is 0 Å². The Balaban J connectivity index is 2.25. The summed E-state index contributed by atoms with van der Waals surface area (Å²) < 4.78 is 0. The molecule has 17 heavy (non-hydrogen) atoms. The molecule has 0 saturated heterocycles. The fraction of sp³-hybridized carbons (Fsp3) is 0.286. The summed E-state index contributed by atoms with van der Waals surface area (Å²) in [6.07, 6.45) is 6.12. The third kappa shape index (κ3) is 2.68. The minimum absolute atomic E-state index is 0.0522. The van der Waals surface area contributed by atoms with E-state index in [2.05, 4.69) is 29.0 Å². The number of rotatable bonds is 4. The molecule has 2 rings (SSSR count). The Morgan fingerprint density at radius 1 is 1.06 bits per heavy atom. The topological polar surface area (TPSA) is 51.8 Å². The van der Waals surface area contributed by atoms with E-state index >= 15 is 0 Å². The number of aromatic nitrogens is 2. The molecule has 1 aromatic carbocycles. The molecule has 0 spiro atoms. The van der Waals surface area contributed by atoms with E-state index in [0.717, 1.165) is 12.0 Å². The second-order valence-electron chi connectivity index (χ2n) is 4.12. The van der Waals surface area contributed by atoms with Crippen molar-refractivity contribution in [2.24, 2.45) is 5.73 Å². The zero-order chi connectivity index (χ0) is 12.1. The zero-order valence-electron chi connectivity index (χ0n) is 9.95. The molecule has 0 aliphatic carbocycles. The van der Waals surface area contributed by atoms with Crippen molar-refractivity contribution in [2.45, 2.75) is 25.3 Å². The van der Waals surface area contributed by atoms with E-state index in [0.29, 0.717) is 5.92 Å². The SMILES string of the molecule is CCC(c1ccccc1)C(N)c1cncnc1. The Morgan fingerprint density at radius 3 is 2.29 bits per heavy atom. The molecular weight excluding hydrogens is 210 g/mol. The molecule has 0 aliphatic heterocycles. The molecular formula is C14H17N3. The first kappa shape index (κ1) is 11.7. The summed E-state index contributed by atoms with van der Waals surface area (Å²) in [5.41, 5.74) is 8.56. The van der Waals surface area contributed by atoms with Crippen LogP contribution >= 0.6 is 0 Å². The maximum absolute atomic E-state index is 6.30. The maximum Gasteiger partial charge on any atom is 0.115 e. The summed E-state index contributed by atoms with van der Waals surface area (Å²) in [4.78, 5) is 8.05.